The van der Waals surface area contributed by atoms with Crippen molar-refractivity contribution in [3.8, 4) is 11.5 Å². The minimum atomic E-state index is -3.72. The van der Waals surface area contributed by atoms with E-state index in [4.69, 9.17) is 9.47 Å². The van der Waals surface area contributed by atoms with Gasteiger partial charge in [0.2, 0.25) is 6.79 Å². The van der Waals surface area contributed by atoms with E-state index in [-0.39, 0.29) is 11.7 Å². The summed E-state index contributed by atoms with van der Waals surface area (Å²) in [6.45, 7) is 0.152. The summed E-state index contributed by atoms with van der Waals surface area (Å²) in [5.74, 6) is 1.18. The standard InChI is InChI=1S/C20H17N3O5S/c24-20(22-16-8-11-18-19(12-16)28-13-27-18)21-14-6-9-17(10-7-14)29(25,26)23-15-4-2-1-3-5-15/h1-12,23H,13H2,(H2,21,22,24). The minimum absolute atomic E-state index is 0.0862. The molecule has 0 bridgehead atoms. The molecule has 1 heterocycles. The molecule has 148 valence electrons. The summed E-state index contributed by atoms with van der Waals surface area (Å²) < 4.78 is 37.9. The van der Waals surface area contributed by atoms with Gasteiger partial charge in [-0.2, -0.15) is 0 Å². The average molecular weight is 411 g/mol. The summed E-state index contributed by atoms with van der Waals surface area (Å²) in [4.78, 5) is 12.3. The molecule has 29 heavy (non-hydrogen) atoms. The first kappa shape index (κ1) is 18.6. The van der Waals surface area contributed by atoms with E-state index in [1.54, 1.807) is 48.5 Å². The van der Waals surface area contributed by atoms with Crippen LogP contribution in [0.5, 0.6) is 11.5 Å². The van der Waals surface area contributed by atoms with Crippen LogP contribution in [-0.4, -0.2) is 21.2 Å². The largest absolute Gasteiger partial charge is 0.454 e. The van der Waals surface area contributed by atoms with Gasteiger partial charge in [-0.3, -0.25) is 4.72 Å². The number of amides is 2. The maximum absolute atomic E-state index is 12.4. The summed E-state index contributed by atoms with van der Waals surface area (Å²) in [6, 6.07) is 19.0. The van der Waals surface area contributed by atoms with E-state index < -0.39 is 16.1 Å². The summed E-state index contributed by atoms with van der Waals surface area (Å²) >= 11 is 0. The van der Waals surface area contributed by atoms with Crippen molar-refractivity contribution in [1.29, 1.82) is 0 Å². The van der Waals surface area contributed by atoms with Gasteiger partial charge in [-0.1, -0.05) is 18.2 Å². The van der Waals surface area contributed by atoms with Gasteiger partial charge in [0.05, 0.1) is 4.90 Å². The predicted octanol–water partition coefficient (Wildman–Crippen LogP) is 3.86. The lowest BCUT2D eigenvalue weighted by atomic mass is 10.3. The van der Waals surface area contributed by atoms with E-state index >= 15 is 0 Å². The number of carbonyl (C=O) groups excluding carboxylic acids is 1. The molecule has 0 radical (unpaired) electrons. The smallest absolute Gasteiger partial charge is 0.323 e. The lowest BCUT2D eigenvalue weighted by Gasteiger charge is -2.10. The minimum Gasteiger partial charge on any atom is -0.454 e. The van der Waals surface area contributed by atoms with Crippen molar-refractivity contribution in [2.24, 2.45) is 0 Å². The summed E-state index contributed by atoms with van der Waals surface area (Å²) in [7, 11) is -3.72. The molecule has 3 N–H and O–H groups in total. The van der Waals surface area contributed by atoms with Gasteiger partial charge in [-0.25, -0.2) is 13.2 Å². The van der Waals surface area contributed by atoms with E-state index in [0.717, 1.165) is 0 Å². The molecule has 0 unspecified atom stereocenters. The first-order valence-corrected chi connectivity index (χ1v) is 10.1. The van der Waals surface area contributed by atoms with E-state index in [1.165, 1.54) is 24.3 Å². The fourth-order valence-corrected chi connectivity index (χ4v) is 3.76. The molecule has 0 aliphatic carbocycles. The Morgan fingerprint density at radius 2 is 1.41 bits per heavy atom. The molecule has 1 aliphatic rings. The van der Waals surface area contributed by atoms with Gasteiger partial charge in [0.25, 0.3) is 10.0 Å². The second-order valence-electron chi connectivity index (χ2n) is 6.14. The molecule has 4 rings (SSSR count). The molecule has 0 aromatic heterocycles. The Morgan fingerprint density at radius 3 is 2.17 bits per heavy atom. The fraction of sp³-hybridized carbons (Fsp3) is 0.0500. The van der Waals surface area contributed by atoms with Gasteiger partial charge < -0.3 is 20.1 Å². The molecule has 1 aliphatic heterocycles. The summed E-state index contributed by atoms with van der Waals surface area (Å²) in [6.07, 6.45) is 0. The Bertz CT molecular complexity index is 1130. The molecule has 0 atom stereocenters. The van der Waals surface area contributed by atoms with Crippen molar-refractivity contribution < 1.29 is 22.7 Å². The van der Waals surface area contributed by atoms with Crippen LogP contribution in [0.4, 0.5) is 21.9 Å². The molecule has 3 aromatic rings. The third-order valence-corrected chi connectivity index (χ3v) is 5.48. The van der Waals surface area contributed by atoms with Gasteiger partial charge in [0.1, 0.15) is 0 Å². The highest BCUT2D eigenvalue weighted by atomic mass is 32.2. The fourth-order valence-electron chi connectivity index (χ4n) is 2.71. The number of carbonyl (C=O) groups is 1. The molecule has 0 saturated heterocycles. The number of rotatable bonds is 5. The number of anilines is 3. The maximum atomic E-state index is 12.4. The van der Waals surface area contributed by atoms with Crippen molar-refractivity contribution in [2.45, 2.75) is 4.90 Å². The van der Waals surface area contributed by atoms with E-state index in [9.17, 15) is 13.2 Å². The topological polar surface area (TPSA) is 106 Å². The van der Waals surface area contributed by atoms with E-state index in [2.05, 4.69) is 15.4 Å². The average Bonchev–Trinajstić information content (AvgIpc) is 3.16. The zero-order chi connectivity index (χ0) is 20.3. The number of benzene rings is 3. The SMILES string of the molecule is O=C(Nc1ccc(S(=O)(=O)Nc2ccccc2)cc1)Nc1ccc2c(c1)OCO2. The Hall–Kier alpha value is -3.72. The number of hydrogen-bond donors (Lipinski definition) is 3. The third kappa shape index (κ3) is 4.41. The summed E-state index contributed by atoms with van der Waals surface area (Å²) in [5.41, 5.74) is 1.46. The van der Waals surface area contributed by atoms with E-state index in [1.807, 2.05) is 0 Å². The van der Waals surface area contributed by atoms with Crippen LogP contribution in [0.25, 0.3) is 0 Å². The highest BCUT2D eigenvalue weighted by Gasteiger charge is 2.16. The Morgan fingerprint density at radius 1 is 0.759 bits per heavy atom. The van der Waals surface area contributed by atoms with Crippen LogP contribution in [0.15, 0.2) is 77.7 Å². The second-order valence-corrected chi connectivity index (χ2v) is 7.83. The molecule has 9 heteroatoms. The second kappa shape index (κ2) is 7.72. The Labute approximate surface area is 167 Å². The van der Waals surface area contributed by atoms with Crippen molar-refractivity contribution >= 4 is 33.1 Å². The lowest BCUT2D eigenvalue weighted by Crippen LogP contribution is -2.19. The number of fused-ring (bicyclic) bond motifs is 1. The number of hydrogen-bond acceptors (Lipinski definition) is 5. The van der Waals surface area contributed by atoms with Gasteiger partial charge in [0.15, 0.2) is 11.5 Å². The quantitative estimate of drug-likeness (QED) is 0.591. The van der Waals surface area contributed by atoms with Crippen LogP contribution >= 0.6 is 0 Å². The molecule has 0 spiro atoms. The van der Waals surface area contributed by atoms with Crippen molar-refractivity contribution in [1.82, 2.24) is 0 Å². The van der Waals surface area contributed by atoms with Crippen LogP contribution < -0.4 is 24.8 Å². The maximum Gasteiger partial charge on any atom is 0.323 e. The Kier molecular flexibility index (Phi) is 4.96. The van der Waals surface area contributed by atoms with Crippen LogP contribution in [0.2, 0.25) is 0 Å². The zero-order valence-electron chi connectivity index (χ0n) is 15.1. The van der Waals surface area contributed by atoms with E-state index in [0.29, 0.717) is 28.6 Å². The summed E-state index contributed by atoms with van der Waals surface area (Å²) in [5, 5.41) is 5.33. The van der Waals surface area contributed by atoms with Gasteiger partial charge >= 0.3 is 6.03 Å². The number of sulfonamides is 1. The highest BCUT2D eigenvalue weighted by Crippen LogP contribution is 2.34. The van der Waals surface area contributed by atoms with Gasteiger partial charge in [-0.05, 0) is 48.5 Å². The molecular formula is C20H17N3O5S. The monoisotopic (exact) mass is 411 g/mol. The van der Waals surface area contributed by atoms with Gasteiger partial charge in [0, 0.05) is 23.1 Å². The Balaban J connectivity index is 1.39. The number of para-hydroxylation sites is 1. The van der Waals surface area contributed by atoms with Crippen LogP contribution in [0.1, 0.15) is 0 Å². The highest BCUT2D eigenvalue weighted by molar-refractivity contribution is 7.92. The number of nitrogens with one attached hydrogen (secondary N) is 3. The molecule has 3 aromatic carbocycles. The third-order valence-electron chi connectivity index (χ3n) is 4.08. The van der Waals surface area contributed by atoms with Crippen molar-refractivity contribution in [2.75, 3.05) is 22.1 Å². The molecule has 2 amide bonds. The number of ether oxygens (including phenoxy) is 2. The normalized spacial score (nSPS) is 12.3. The van der Waals surface area contributed by atoms with Gasteiger partial charge in [-0.15, -0.1) is 0 Å². The molecular weight excluding hydrogens is 394 g/mol. The zero-order valence-corrected chi connectivity index (χ0v) is 15.9. The van der Waals surface area contributed by atoms with Crippen molar-refractivity contribution in [3.63, 3.8) is 0 Å². The molecule has 0 saturated carbocycles. The lowest BCUT2D eigenvalue weighted by molar-refractivity contribution is 0.174. The van der Waals surface area contributed by atoms with Crippen molar-refractivity contribution in [3.05, 3.63) is 72.8 Å². The molecule has 0 fully saturated rings. The van der Waals surface area contributed by atoms with Crippen LogP contribution in [-0.2, 0) is 10.0 Å². The first-order valence-electron chi connectivity index (χ1n) is 8.65. The first-order chi connectivity index (χ1) is 14.0. The number of urea groups is 1. The van der Waals surface area contributed by atoms with Crippen LogP contribution in [0, 0.1) is 0 Å². The van der Waals surface area contributed by atoms with Crippen LogP contribution in [0.3, 0.4) is 0 Å². The predicted molar refractivity (Wildman–Crippen MR) is 109 cm³/mol. The molecule has 8 nitrogen and oxygen atoms in total.